The first-order valence-electron chi connectivity index (χ1n) is 7.65. The van der Waals surface area contributed by atoms with Crippen LogP contribution < -0.4 is 4.72 Å². The van der Waals surface area contributed by atoms with E-state index in [-0.39, 0.29) is 0 Å². The van der Waals surface area contributed by atoms with Crippen LogP contribution in [0.3, 0.4) is 0 Å². The van der Waals surface area contributed by atoms with Crippen molar-refractivity contribution >= 4 is 10.0 Å². The smallest absolute Gasteiger partial charge is 0.241 e. The molecule has 2 aromatic carbocycles. The van der Waals surface area contributed by atoms with Crippen LogP contribution in [0, 0.1) is 20.8 Å². The summed E-state index contributed by atoms with van der Waals surface area (Å²) in [5, 5.41) is 10.3. The number of benzene rings is 2. The van der Waals surface area contributed by atoms with Gasteiger partial charge < -0.3 is 5.11 Å². The molecule has 0 unspecified atom stereocenters. The maximum absolute atomic E-state index is 12.9. The van der Waals surface area contributed by atoms with Crippen molar-refractivity contribution in [2.24, 2.45) is 0 Å². The van der Waals surface area contributed by atoms with E-state index in [2.05, 4.69) is 4.72 Å². The molecule has 0 saturated heterocycles. The van der Waals surface area contributed by atoms with Crippen LogP contribution in [-0.2, 0) is 16.4 Å². The van der Waals surface area contributed by atoms with Gasteiger partial charge >= 0.3 is 0 Å². The van der Waals surface area contributed by atoms with Gasteiger partial charge in [-0.05, 0) is 43.0 Å². The molecule has 0 aliphatic heterocycles. The van der Waals surface area contributed by atoms with Gasteiger partial charge in [-0.15, -0.1) is 0 Å². The van der Waals surface area contributed by atoms with Gasteiger partial charge in [0.1, 0.15) is 0 Å². The van der Waals surface area contributed by atoms with Crippen molar-refractivity contribution < 1.29 is 13.5 Å². The van der Waals surface area contributed by atoms with Crippen molar-refractivity contribution in [2.45, 2.75) is 44.2 Å². The fourth-order valence-corrected chi connectivity index (χ4v) is 5.23. The first-order valence-corrected chi connectivity index (χ1v) is 9.14. The number of hydrogen-bond donors (Lipinski definition) is 2. The zero-order valence-corrected chi connectivity index (χ0v) is 14.3. The monoisotopic (exact) mass is 331 g/mol. The van der Waals surface area contributed by atoms with Crippen LogP contribution >= 0.6 is 0 Å². The molecule has 5 heteroatoms. The molecular weight excluding hydrogens is 310 g/mol. The standard InChI is InChI=1S/C18H21NO3S/c1-11-8-12(2)18(13(3)9-11)23(21,22)19-17-15-7-5-4-6-14(15)10-16(17)20/h4-9,16-17,19-20H,10H2,1-3H3/t16-,17+/m1/s1. The Hall–Kier alpha value is -1.69. The minimum atomic E-state index is -3.71. The molecule has 23 heavy (non-hydrogen) atoms. The van der Waals surface area contributed by atoms with Crippen LogP contribution in [0.25, 0.3) is 0 Å². The van der Waals surface area contributed by atoms with Gasteiger partial charge in [-0.1, -0.05) is 42.0 Å². The second-order valence-electron chi connectivity index (χ2n) is 6.30. The summed E-state index contributed by atoms with van der Waals surface area (Å²) in [6.45, 7) is 5.54. The third kappa shape index (κ3) is 2.92. The summed E-state index contributed by atoms with van der Waals surface area (Å²) < 4.78 is 28.4. The molecule has 0 amide bonds. The largest absolute Gasteiger partial charge is 0.391 e. The number of rotatable bonds is 3. The molecule has 0 spiro atoms. The second kappa shape index (κ2) is 5.74. The molecule has 0 saturated carbocycles. The fraction of sp³-hybridized carbons (Fsp3) is 0.333. The lowest BCUT2D eigenvalue weighted by atomic mass is 10.1. The van der Waals surface area contributed by atoms with Crippen LogP contribution in [0.4, 0.5) is 0 Å². The number of fused-ring (bicyclic) bond motifs is 1. The molecule has 0 bridgehead atoms. The Labute approximate surface area is 137 Å². The fourth-order valence-electron chi connectivity index (χ4n) is 3.53. The quantitative estimate of drug-likeness (QED) is 0.908. The Morgan fingerprint density at radius 2 is 1.70 bits per heavy atom. The van der Waals surface area contributed by atoms with E-state index in [0.29, 0.717) is 11.3 Å². The molecule has 2 N–H and O–H groups in total. The topological polar surface area (TPSA) is 66.4 Å². The lowest BCUT2D eigenvalue weighted by molar-refractivity contribution is 0.151. The van der Waals surface area contributed by atoms with Gasteiger partial charge in [-0.3, -0.25) is 0 Å². The van der Waals surface area contributed by atoms with Crippen molar-refractivity contribution in [1.29, 1.82) is 0 Å². The van der Waals surface area contributed by atoms with Gasteiger partial charge in [0.05, 0.1) is 17.0 Å². The summed E-state index contributed by atoms with van der Waals surface area (Å²) in [5.74, 6) is 0. The van der Waals surface area contributed by atoms with E-state index in [4.69, 9.17) is 0 Å². The van der Waals surface area contributed by atoms with Crippen molar-refractivity contribution in [3.63, 3.8) is 0 Å². The molecule has 0 heterocycles. The Morgan fingerprint density at radius 3 is 2.35 bits per heavy atom. The van der Waals surface area contributed by atoms with Crippen molar-refractivity contribution in [3.05, 3.63) is 64.2 Å². The molecule has 2 atom stereocenters. The number of sulfonamides is 1. The summed E-state index contributed by atoms with van der Waals surface area (Å²) in [7, 11) is -3.71. The van der Waals surface area contributed by atoms with Crippen LogP contribution in [-0.4, -0.2) is 19.6 Å². The van der Waals surface area contributed by atoms with E-state index in [1.165, 1.54) is 0 Å². The average Bonchev–Trinajstić information content (AvgIpc) is 2.73. The predicted octanol–water partition coefficient (Wildman–Crippen LogP) is 2.55. The Bertz CT molecular complexity index is 835. The molecular formula is C18H21NO3S. The van der Waals surface area contributed by atoms with E-state index in [1.54, 1.807) is 13.8 Å². The summed E-state index contributed by atoms with van der Waals surface area (Å²) in [4.78, 5) is 0.305. The van der Waals surface area contributed by atoms with Crippen molar-refractivity contribution in [3.8, 4) is 0 Å². The first-order chi connectivity index (χ1) is 10.8. The zero-order chi connectivity index (χ0) is 16.8. The van der Waals surface area contributed by atoms with Gasteiger partial charge in [0.25, 0.3) is 0 Å². The average molecular weight is 331 g/mol. The first kappa shape index (κ1) is 16.2. The molecule has 2 aromatic rings. The van der Waals surface area contributed by atoms with Crippen LogP contribution in [0.5, 0.6) is 0 Å². The van der Waals surface area contributed by atoms with Crippen LogP contribution in [0.1, 0.15) is 33.9 Å². The van der Waals surface area contributed by atoms with Crippen molar-refractivity contribution in [2.75, 3.05) is 0 Å². The SMILES string of the molecule is Cc1cc(C)c(S(=O)(=O)N[C@H]2c3ccccc3C[C@H]2O)c(C)c1. The van der Waals surface area contributed by atoms with Gasteiger partial charge in [-0.2, -0.15) is 0 Å². The molecule has 3 rings (SSSR count). The van der Waals surface area contributed by atoms with E-state index in [9.17, 15) is 13.5 Å². The Balaban J connectivity index is 2.00. The summed E-state index contributed by atoms with van der Waals surface area (Å²) in [5.41, 5.74) is 4.31. The van der Waals surface area contributed by atoms with Crippen molar-refractivity contribution in [1.82, 2.24) is 4.72 Å². The van der Waals surface area contributed by atoms with Gasteiger partial charge in [0, 0.05) is 6.42 Å². The molecule has 122 valence electrons. The highest BCUT2D eigenvalue weighted by Crippen LogP contribution is 2.33. The Morgan fingerprint density at radius 1 is 1.09 bits per heavy atom. The molecule has 1 aliphatic rings. The van der Waals surface area contributed by atoms with E-state index >= 15 is 0 Å². The molecule has 4 nitrogen and oxygen atoms in total. The minimum absolute atomic E-state index is 0.305. The van der Waals surface area contributed by atoms with Crippen LogP contribution in [0.15, 0.2) is 41.3 Å². The molecule has 0 radical (unpaired) electrons. The molecule has 1 aliphatic carbocycles. The normalized spacial score (nSPS) is 20.5. The summed E-state index contributed by atoms with van der Waals surface area (Å²) in [6, 6.07) is 10.7. The van der Waals surface area contributed by atoms with E-state index in [1.807, 2.05) is 43.3 Å². The predicted molar refractivity (Wildman–Crippen MR) is 89.9 cm³/mol. The van der Waals surface area contributed by atoms with E-state index in [0.717, 1.165) is 27.8 Å². The summed E-state index contributed by atoms with van der Waals surface area (Å²) in [6.07, 6.45) is -0.275. The third-order valence-electron chi connectivity index (χ3n) is 4.36. The molecule has 0 aromatic heterocycles. The number of aryl methyl sites for hydroxylation is 3. The van der Waals surface area contributed by atoms with Crippen LogP contribution in [0.2, 0.25) is 0 Å². The number of aliphatic hydroxyl groups excluding tert-OH is 1. The Kier molecular flexibility index (Phi) is 4.04. The maximum atomic E-state index is 12.9. The number of aliphatic hydroxyl groups is 1. The van der Waals surface area contributed by atoms with Gasteiger partial charge in [0.2, 0.25) is 10.0 Å². The van der Waals surface area contributed by atoms with Gasteiger partial charge in [-0.25, -0.2) is 13.1 Å². The highest BCUT2D eigenvalue weighted by molar-refractivity contribution is 7.89. The zero-order valence-electron chi connectivity index (χ0n) is 13.5. The number of hydrogen-bond acceptors (Lipinski definition) is 3. The highest BCUT2D eigenvalue weighted by atomic mass is 32.2. The number of nitrogens with one attached hydrogen (secondary N) is 1. The molecule has 0 fully saturated rings. The second-order valence-corrected chi connectivity index (χ2v) is 7.95. The van der Waals surface area contributed by atoms with E-state index < -0.39 is 22.2 Å². The summed E-state index contributed by atoms with van der Waals surface area (Å²) >= 11 is 0. The van der Waals surface area contributed by atoms with Gasteiger partial charge in [0.15, 0.2) is 0 Å². The third-order valence-corrected chi connectivity index (χ3v) is 6.11. The highest BCUT2D eigenvalue weighted by Gasteiger charge is 2.35. The lowest BCUT2D eigenvalue weighted by Gasteiger charge is -2.20. The minimum Gasteiger partial charge on any atom is -0.391 e. The maximum Gasteiger partial charge on any atom is 0.241 e. The lowest BCUT2D eigenvalue weighted by Crippen LogP contribution is -2.34.